The van der Waals surface area contributed by atoms with E-state index in [1.165, 1.54) is 0 Å². The third kappa shape index (κ3) is 2.72. The zero-order valence-electron chi connectivity index (χ0n) is 12.2. The van der Waals surface area contributed by atoms with E-state index in [0.717, 1.165) is 11.3 Å². The molecule has 0 atom stereocenters. The summed E-state index contributed by atoms with van der Waals surface area (Å²) >= 11 is 0. The predicted molar refractivity (Wildman–Crippen MR) is 82.0 cm³/mol. The lowest BCUT2D eigenvalue weighted by Crippen LogP contribution is -2.40. The van der Waals surface area contributed by atoms with Gasteiger partial charge in [-0.2, -0.15) is 0 Å². The molecule has 1 fully saturated rings. The van der Waals surface area contributed by atoms with E-state index in [4.69, 9.17) is 0 Å². The summed E-state index contributed by atoms with van der Waals surface area (Å²) in [5.41, 5.74) is 2.84. The second kappa shape index (κ2) is 5.74. The van der Waals surface area contributed by atoms with E-state index in [9.17, 15) is 9.90 Å². The Hall–Kier alpha value is -2.07. The highest BCUT2D eigenvalue weighted by molar-refractivity contribution is 5.94. The van der Waals surface area contributed by atoms with Gasteiger partial charge in [-0.1, -0.05) is 30.3 Å². The van der Waals surface area contributed by atoms with Crippen molar-refractivity contribution in [2.45, 2.75) is 18.9 Å². The molecule has 0 unspecified atom stereocenters. The van der Waals surface area contributed by atoms with Crippen molar-refractivity contribution in [1.82, 2.24) is 9.47 Å². The van der Waals surface area contributed by atoms with Crippen molar-refractivity contribution < 1.29 is 9.90 Å². The molecule has 110 valence electrons. The molecule has 0 bridgehead atoms. The number of nitrogens with zero attached hydrogens (tertiary/aromatic N) is 2. The number of likely N-dealkylation sites (tertiary alicyclic amines) is 1. The van der Waals surface area contributed by atoms with Gasteiger partial charge in [0.1, 0.15) is 5.69 Å². The fourth-order valence-corrected chi connectivity index (χ4v) is 2.86. The van der Waals surface area contributed by atoms with Gasteiger partial charge in [0.15, 0.2) is 0 Å². The summed E-state index contributed by atoms with van der Waals surface area (Å²) in [6.45, 7) is 1.26. The summed E-state index contributed by atoms with van der Waals surface area (Å²) in [7, 11) is 1.92. The average molecular weight is 284 g/mol. The Bertz CT molecular complexity index is 625. The minimum atomic E-state index is -0.262. The minimum Gasteiger partial charge on any atom is -0.393 e. The molecule has 3 rings (SSSR count). The first-order chi connectivity index (χ1) is 10.2. The molecule has 21 heavy (non-hydrogen) atoms. The largest absolute Gasteiger partial charge is 0.393 e. The number of carbonyl (C=O) groups excluding carboxylic acids is 1. The zero-order chi connectivity index (χ0) is 14.8. The Morgan fingerprint density at radius 2 is 1.76 bits per heavy atom. The van der Waals surface area contributed by atoms with E-state index in [-0.39, 0.29) is 12.0 Å². The zero-order valence-corrected chi connectivity index (χ0v) is 12.2. The van der Waals surface area contributed by atoms with E-state index in [2.05, 4.69) is 0 Å². The summed E-state index contributed by atoms with van der Waals surface area (Å²) in [6, 6.07) is 13.9. The second-order valence-corrected chi connectivity index (χ2v) is 5.55. The minimum absolute atomic E-state index is 0.0478. The van der Waals surface area contributed by atoms with Crippen molar-refractivity contribution in [3.63, 3.8) is 0 Å². The Kier molecular flexibility index (Phi) is 3.80. The molecular weight excluding hydrogens is 264 g/mol. The highest BCUT2D eigenvalue weighted by Gasteiger charge is 2.24. The highest BCUT2D eigenvalue weighted by atomic mass is 16.3. The van der Waals surface area contributed by atoms with Crippen LogP contribution in [-0.4, -0.2) is 39.7 Å². The van der Waals surface area contributed by atoms with Gasteiger partial charge < -0.3 is 14.6 Å². The molecule has 1 aliphatic heterocycles. The molecule has 0 spiro atoms. The Labute approximate surface area is 124 Å². The van der Waals surface area contributed by atoms with E-state index in [0.29, 0.717) is 31.6 Å². The molecule has 1 N–H and O–H groups in total. The quantitative estimate of drug-likeness (QED) is 0.919. The number of aliphatic hydroxyl groups excluding tert-OH is 1. The van der Waals surface area contributed by atoms with Gasteiger partial charge in [0.05, 0.1) is 6.10 Å². The predicted octanol–water partition coefficient (Wildman–Crippen LogP) is 2.29. The van der Waals surface area contributed by atoms with Gasteiger partial charge >= 0.3 is 0 Å². The van der Waals surface area contributed by atoms with Gasteiger partial charge in [-0.15, -0.1) is 0 Å². The van der Waals surface area contributed by atoms with Gasteiger partial charge in [0.2, 0.25) is 0 Å². The lowest BCUT2D eigenvalue weighted by molar-refractivity contribution is 0.0538. The van der Waals surface area contributed by atoms with Crippen LogP contribution in [0.4, 0.5) is 0 Å². The van der Waals surface area contributed by atoms with Crippen molar-refractivity contribution in [3.8, 4) is 11.3 Å². The van der Waals surface area contributed by atoms with E-state index >= 15 is 0 Å². The van der Waals surface area contributed by atoms with Crippen molar-refractivity contribution >= 4 is 5.91 Å². The summed E-state index contributed by atoms with van der Waals surface area (Å²) < 4.78 is 1.95. The number of carbonyl (C=O) groups is 1. The Balaban J connectivity index is 1.84. The maximum absolute atomic E-state index is 12.6. The molecule has 4 heteroatoms. The number of benzene rings is 1. The van der Waals surface area contributed by atoms with Crippen molar-refractivity contribution in [3.05, 3.63) is 48.2 Å². The molecule has 2 heterocycles. The van der Waals surface area contributed by atoms with E-state index in [1.54, 1.807) is 0 Å². The smallest absolute Gasteiger partial charge is 0.270 e. The van der Waals surface area contributed by atoms with Crippen molar-refractivity contribution in [2.75, 3.05) is 13.1 Å². The first kappa shape index (κ1) is 13.9. The monoisotopic (exact) mass is 284 g/mol. The van der Waals surface area contributed by atoms with E-state index < -0.39 is 0 Å². The molecular formula is C17H20N2O2. The lowest BCUT2D eigenvalue weighted by Gasteiger charge is -2.29. The van der Waals surface area contributed by atoms with Crippen LogP contribution in [0.5, 0.6) is 0 Å². The molecule has 1 aliphatic rings. The second-order valence-electron chi connectivity index (χ2n) is 5.55. The number of hydrogen-bond acceptors (Lipinski definition) is 2. The summed E-state index contributed by atoms with van der Waals surface area (Å²) in [6.07, 6.45) is 1.07. The number of piperidine rings is 1. The maximum Gasteiger partial charge on any atom is 0.270 e. The van der Waals surface area contributed by atoms with Gasteiger partial charge in [-0.05, 0) is 30.5 Å². The normalized spacial score (nSPS) is 16.2. The van der Waals surface area contributed by atoms with Crippen LogP contribution in [0, 0.1) is 0 Å². The number of hydrogen-bond donors (Lipinski definition) is 1. The number of rotatable bonds is 2. The van der Waals surface area contributed by atoms with Crippen LogP contribution in [0.15, 0.2) is 42.5 Å². The summed E-state index contributed by atoms with van der Waals surface area (Å²) in [4.78, 5) is 14.4. The lowest BCUT2D eigenvalue weighted by atomic mass is 10.1. The fraction of sp³-hybridized carbons (Fsp3) is 0.353. The van der Waals surface area contributed by atoms with Crippen LogP contribution < -0.4 is 0 Å². The third-order valence-corrected chi connectivity index (χ3v) is 4.16. The van der Waals surface area contributed by atoms with Gasteiger partial charge in [0, 0.05) is 25.8 Å². The third-order valence-electron chi connectivity index (χ3n) is 4.16. The molecule has 0 radical (unpaired) electrons. The van der Waals surface area contributed by atoms with Crippen LogP contribution in [0.3, 0.4) is 0 Å². The SMILES string of the molecule is Cn1c(C(=O)N2CCC(O)CC2)ccc1-c1ccccc1. The highest BCUT2D eigenvalue weighted by Crippen LogP contribution is 2.23. The maximum atomic E-state index is 12.6. The van der Waals surface area contributed by atoms with Crippen LogP contribution in [0.2, 0.25) is 0 Å². The number of aromatic nitrogens is 1. The summed E-state index contributed by atoms with van der Waals surface area (Å²) in [5, 5.41) is 9.54. The first-order valence-corrected chi connectivity index (χ1v) is 7.35. The molecule has 1 amide bonds. The topological polar surface area (TPSA) is 45.5 Å². The fourth-order valence-electron chi connectivity index (χ4n) is 2.86. The van der Waals surface area contributed by atoms with E-state index in [1.807, 2.05) is 59.0 Å². The van der Waals surface area contributed by atoms with Crippen LogP contribution in [-0.2, 0) is 7.05 Å². The molecule has 2 aromatic rings. The molecule has 0 saturated carbocycles. The molecule has 1 aromatic heterocycles. The van der Waals surface area contributed by atoms with Gasteiger partial charge in [0.25, 0.3) is 5.91 Å². The van der Waals surface area contributed by atoms with Crippen LogP contribution >= 0.6 is 0 Å². The molecule has 1 aromatic carbocycles. The molecule has 1 saturated heterocycles. The number of aliphatic hydroxyl groups is 1. The van der Waals surface area contributed by atoms with Crippen LogP contribution in [0.1, 0.15) is 23.3 Å². The molecule has 4 nitrogen and oxygen atoms in total. The Morgan fingerprint density at radius 1 is 1.10 bits per heavy atom. The summed E-state index contributed by atoms with van der Waals surface area (Å²) in [5.74, 6) is 0.0478. The van der Waals surface area contributed by atoms with Crippen molar-refractivity contribution in [1.29, 1.82) is 0 Å². The average Bonchev–Trinajstić information content (AvgIpc) is 2.90. The Morgan fingerprint density at radius 3 is 2.43 bits per heavy atom. The van der Waals surface area contributed by atoms with Crippen molar-refractivity contribution in [2.24, 2.45) is 7.05 Å². The standard InChI is InChI=1S/C17H20N2O2/c1-18-15(13-5-3-2-4-6-13)7-8-16(18)17(21)19-11-9-14(20)10-12-19/h2-8,14,20H,9-12H2,1H3. The van der Waals surface area contributed by atoms with Gasteiger partial charge in [-0.25, -0.2) is 0 Å². The first-order valence-electron chi connectivity index (χ1n) is 7.35. The van der Waals surface area contributed by atoms with Crippen LogP contribution in [0.25, 0.3) is 11.3 Å². The number of amides is 1. The molecule has 0 aliphatic carbocycles. The van der Waals surface area contributed by atoms with Gasteiger partial charge in [-0.3, -0.25) is 4.79 Å².